The minimum Gasteiger partial charge on any atom is -0.455 e. The van der Waals surface area contributed by atoms with E-state index in [0.29, 0.717) is 4.90 Å². The van der Waals surface area contributed by atoms with Crippen molar-refractivity contribution in [2.75, 3.05) is 4.90 Å². The van der Waals surface area contributed by atoms with Gasteiger partial charge in [-0.1, -0.05) is 145 Å². The van der Waals surface area contributed by atoms with Crippen LogP contribution in [-0.4, -0.2) is 0 Å². The van der Waals surface area contributed by atoms with Gasteiger partial charge in [0.15, 0.2) is 0 Å². The Morgan fingerprint density at radius 3 is 1.68 bits per heavy atom. The summed E-state index contributed by atoms with van der Waals surface area (Å²) >= 11 is 0. The van der Waals surface area contributed by atoms with Gasteiger partial charge in [0.1, 0.15) is 11.2 Å². The van der Waals surface area contributed by atoms with Crippen LogP contribution in [0.2, 0.25) is 0 Å². The second-order valence-electron chi connectivity index (χ2n) is 10.5. The Bertz CT molecular complexity index is 4600. The van der Waals surface area contributed by atoms with Gasteiger partial charge in [-0.2, -0.15) is 0 Å². The SMILES string of the molecule is [2H]c1c([2H])c(N(c2c([2H])c([2H])c(-c3c([2H])c4c([2H])c([2H])c([2H])c([2H])c4c4c([2H])c([2H])c([2H])c([2H])c34)c([2H])c2[2H])c2c([2H])c([2H])c([2H])c3c([2H])c([2H])c([2H])c([2H])c23)c([2H])c([2H])c1-c1c([2H])c([2H])c([2H])c2c1oc1c([2H])c([2H])c([2H])c([2H])c12. The second-order valence-corrected chi connectivity index (χ2v) is 10.5. The third-order valence-corrected chi connectivity index (χ3v) is 7.75. The molecule has 0 fully saturated rings. The zero-order chi connectivity index (χ0) is 60.0. The summed E-state index contributed by atoms with van der Waals surface area (Å²) < 4.78 is 285. The highest BCUT2D eigenvalue weighted by atomic mass is 16.3. The van der Waals surface area contributed by atoms with E-state index in [1.807, 2.05) is 0 Å². The topological polar surface area (TPSA) is 16.4 Å². The maximum absolute atomic E-state index is 9.74. The molecule has 0 aliphatic rings. The number of rotatable bonds is 5. The Hall–Kier alpha value is -6.64. The van der Waals surface area contributed by atoms with Gasteiger partial charge < -0.3 is 9.32 Å². The molecule has 50 heavy (non-hydrogen) atoms. The third kappa shape index (κ3) is 4.57. The van der Waals surface area contributed by atoms with Gasteiger partial charge in [-0.05, 0) is 85.9 Å². The van der Waals surface area contributed by atoms with E-state index in [2.05, 4.69) is 0 Å². The molecule has 1 aromatic heterocycles. The number of hydrogen-bond donors (Lipinski definition) is 0. The average molecular weight is 669 g/mol. The molecule has 0 saturated carbocycles. The molecule has 0 saturated heterocycles. The number of nitrogens with zero attached hydrogens (tertiary/aromatic N) is 1. The summed E-state index contributed by atoms with van der Waals surface area (Å²) in [5.41, 5.74) is -8.09. The summed E-state index contributed by atoms with van der Waals surface area (Å²) in [5.74, 6) is 0. The first-order valence-corrected chi connectivity index (χ1v) is 14.6. The van der Waals surface area contributed by atoms with E-state index in [1.54, 1.807) is 0 Å². The van der Waals surface area contributed by atoms with Crippen LogP contribution in [0.1, 0.15) is 42.5 Å². The predicted octanol–water partition coefficient (Wildman–Crippen LogP) is 13.8. The average Bonchev–Trinajstić information content (AvgIpc) is 2.36. The van der Waals surface area contributed by atoms with Crippen molar-refractivity contribution in [1.82, 2.24) is 0 Å². The lowest BCUT2D eigenvalue weighted by molar-refractivity contribution is 0.670. The quantitative estimate of drug-likeness (QED) is 0.170. The molecule has 10 aromatic rings. The molecule has 10 rings (SSSR count). The van der Waals surface area contributed by atoms with Crippen molar-refractivity contribution in [2.45, 2.75) is 0 Å². The van der Waals surface area contributed by atoms with Crippen molar-refractivity contribution in [3.05, 3.63) is 187 Å². The molecule has 1 heterocycles. The molecule has 0 spiro atoms. The Morgan fingerprint density at radius 2 is 0.920 bits per heavy atom. The zero-order valence-electron chi connectivity index (χ0n) is 55.9. The number of benzene rings is 9. The fraction of sp³-hybridized carbons (Fsp3) is 0. The van der Waals surface area contributed by atoms with E-state index in [9.17, 15) is 13.7 Å². The fourth-order valence-corrected chi connectivity index (χ4v) is 5.55. The van der Waals surface area contributed by atoms with Crippen LogP contribution < -0.4 is 4.90 Å². The van der Waals surface area contributed by atoms with Crippen molar-refractivity contribution in [1.29, 1.82) is 0 Å². The Morgan fingerprint density at radius 1 is 0.380 bits per heavy atom. The van der Waals surface area contributed by atoms with Crippen LogP contribution in [-0.2, 0) is 0 Å². The van der Waals surface area contributed by atoms with E-state index >= 15 is 0 Å². The van der Waals surface area contributed by atoms with Crippen LogP contribution in [0.5, 0.6) is 0 Å². The van der Waals surface area contributed by atoms with Crippen molar-refractivity contribution < 1.29 is 46.9 Å². The van der Waals surface area contributed by atoms with Gasteiger partial charge in [-0.3, -0.25) is 0 Å². The van der Waals surface area contributed by atoms with Crippen LogP contribution in [0.3, 0.4) is 0 Å². The molecular weight excluding hydrogens is 607 g/mol. The van der Waals surface area contributed by atoms with E-state index in [4.69, 9.17) is 33.2 Å². The highest BCUT2D eigenvalue weighted by Crippen LogP contribution is 2.42. The van der Waals surface area contributed by atoms with Gasteiger partial charge in [0, 0.05) is 33.1 Å². The van der Waals surface area contributed by atoms with Gasteiger partial charge in [0.25, 0.3) is 0 Å². The lowest BCUT2D eigenvalue weighted by Gasteiger charge is -2.27. The van der Waals surface area contributed by atoms with E-state index in [0.717, 1.165) is 0 Å². The van der Waals surface area contributed by atoms with E-state index < -0.39 is 281 Å². The maximum atomic E-state index is 9.74. The molecule has 2 nitrogen and oxygen atoms in total. The van der Waals surface area contributed by atoms with Crippen molar-refractivity contribution in [3.8, 4) is 22.3 Å². The molecule has 0 unspecified atom stereocenters. The molecule has 2 heteroatoms. The first kappa shape index (κ1) is 11.2. The number of anilines is 3. The number of para-hydroxylation sites is 2. The van der Waals surface area contributed by atoms with Gasteiger partial charge in [-0.25, -0.2) is 0 Å². The van der Waals surface area contributed by atoms with Gasteiger partial charge in [0.05, 0.1) is 48.2 Å². The number of fused-ring (bicyclic) bond motifs is 7. The van der Waals surface area contributed by atoms with Crippen LogP contribution in [0.4, 0.5) is 17.1 Å². The molecule has 0 aliphatic carbocycles. The summed E-state index contributed by atoms with van der Waals surface area (Å²) in [6, 6.07) is -31.4. The molecule has 9 aromatic carbocycles. The Balaban J connectivity index is 1.41. The lowest BCUT2D eigenvalue weighted by atomic mass is 9.93. The van der Waals surface area contributed by atoms with E-state index in [1.165, 1.54) is 0 Å². The zero-order valence-corrected chi connectivity index (χ0v) is 24.9. The summed E-state index contributed by atoms with van der Waals surface area (Å²) in [5, 5.41) is -5.16. The van der Waals surface area contributed by atoms with Crippen LogP contribution in [0.15, 0.2) is 192 Å². The monoisotopic (exact) mass is 668 g/mol. The number of hydrogen-bond acceptors (Lipinski definition) is 2. The fourth-order valence-electron chi connectivity index (χ4n) is 5.55. The summed E-state index contributed by atoms with van der Waals surface area (Å²) in [6.07, 6.45) is 0. The normalized spacial score (nSPS) is 20.3. The summed E-state index contributed by atoms with van der Waals surface area (Å²) in [4.78, 5) is 0.353. The predicted molar refractivity (Wildman–Crippen MR) is 212 cm³/mol. The first-order chi connectivity index (χ1) is 37.7. The highest BCUT2D eigenvalue weighted by molar-refractivity contribution is 6.14. The summed E-state index contributed by atoms with van der Waals surface area (Å²) in [7, 11) is 0. The molecule has 0 N–H and O–H groups in total. The Kier molecular flexibility index (Phi) is 2.58. The minimum absolute atomic E-state index is 0.353. The second kappa shape index (κ2) is 11.5. The first-order valence-electron chi connectivity index (χ1n) is 30.1. The maximum Gasteiger partial charge on any atom is 0.143 e. The van der Waals surface area contributed by atoms with Crippen LogP contribution in [0, 0.1) is 0 Å². The highest BCUT2D eigenvalue weighted by Gasteiger charge is 2.18. The molecule has 0 atom stereocenters. The molecule has 234 valence electrons. The van der Waals surface area contributed by atoms with Crippen molar-refractivity contribution in [2.24, 2.45) is 0 Å². The van der Waals surface area contributed by atoms with E-state index in [-0.39, 0.29) is 0 Å². The smallest absolute Gasteiger partial charge is 0.143 e. The summed E-state index contributed by atoms with van der Waals surface area (Å²) in [6.45, 7) is 0. The largest absolute Gasteiger partial charge is 0.455 e. The molecule has 0 aliphatic heterocycles. The lowest BCUT2D eigenvalue weighted by Crippen LogP contribution is -2.10. The third-order valence-electron chi connectivity index (χ3n) is 7.75. The Labute approximate surface area is 333 Å². The van der Waals surface area contributed by atoms with Crippen LogP contribution in [0.25, 0.3) is 76.5 Å². The van der Waals surface area contributed by atoms with Crippen LogP contribution >= 0.6 is 0 Å². The molecule has 0 amide bonds. The minimum atomic E-state index is -1.31. The van der Waals surface area contributed by atoms with Gasteiger partial charge in [0.2, 0.25) is 0 Å². The molecule has 0 bridgehead atoms. The van der Waals surface area contributed by atoms with Gasteiger partial charge >= 0.3 is 0 Å². The van der Waals surface area contributed by atoms with Crippen molar-refractivity contribution in [3.63, 3.8) is 0 Å². The molecule has 0 radical (unpaired) electrons. The van der Waals surface area contributed by atoms with Gasteiger partial charge in [-0.15, -0.1) is 0 Å². The van der Waals surface area contributed by atoms with Crippen molar-refractivity contribution >= 4 is 71.3 Å². The number of furan rings is 1. The molecular formula is C48H31NO. The standard InChI is InChI=1S/C48H31NO/c1-4-15-39-32(11-1)13-9-21-46(39)49(36-27-23-33(24-28-36)40-19-10-20-44-43-18-7-8-22-47(43)50-48(40)44)37-29-25-34(26-30-37)45-31-35-12-2-3-14-38(35)41-16-5-6-17-42(41)45/h1-31H/i1D,2D,3D,4D,5D,6D,7D,8D,9D,10D,11D,12D,13D,14D,15D,16D,17D,18D,19D,20D,21D,22D,23D,24D,25D,26D,27D,28D,29D,30D,31D.